The molecule has 0 spiro atoms. The van der Waals surface area contributed by atoms with Gasteiger partial charge in [0.05, 0.1) is 17.7 Å². The Morgan fingerprint density at radius 2 is 2.37 bits per heavy atom. The summed E-state index contributed by atoms with van der Waals surface area (Å²) in [6.45, 7) is 6.51. The zero-order valence-electron chi connectivity index (χ0n) is 11.4. The van der Waals surface area contributed by atoms with Crippen LogP contribution in [0.3, 0.4) is 0 Å². The monoisotopic (exact) mass is 257 g/mol. The second-order valence-electron chi connectivity index (χ2n) is 4.44. The molecule has 1 N–H and O–H groups in total. The molecule has 0 bridgehead atoms. The van der Waals surface area contributed by atoms with Crippen molar-refractivity contribution < 1.29 is 4.79 Å². The van der Waals surface area contributed by atoms with Gasteiger partial charge in [0, 0.05) is 13.1 Å². The minimum atomic E-state index is -0.231. The zero-order valence-corrected chi connectivity index (χ0v) is 11.4. The van der Waals surface area contributed by atoms with Crippen molar-refractivity contribution in [1.29, 1.82) is 5.26 Å². The van der Waals surface area contributed by atoms with Gasteiger partial charge in [-0.3, -0.25) is 9.69 Å². The zero-order chi connectivity index (χ0) is 14.3. The third-order valence-electron chi connectivity index (χ3n) is 2.95. The van der Waals surface area contributed by atoms with Gasteiger partial charge in [0.2, 0.25) is 5.91 Å². The van der Waals surface area contributed by atoms with E-state index in [9.17, 15) is 4.79 Å². The number of hydrogen-bond acceptors (Lipinski definition) is 3. The highest BCUT2D eigenvalue weighted by Gasteiger charge is 2.17. The number of amides is 1. The minimum absolute atomic E-state index is 0.0289. The van der Waals surface area contributed by atoms with E-state index >= 15 is 0 Å². The van der Waals surface area contributed by atoms with E-state index in [1.165, 1.54) is 0 Å². The second kappa shape index (κ2) is 7.34. The molecule has 4 heteroatoms. The van der Waals surface area contributed by atoms with Crippen molar-refractivity contribution in [1.82, 2.24) is 10.2 Å². The molecule has 0 saturated heterocycles. The summed E-state index contributed by atoms with van der Waals surface area (Å²) in [5, 5.41) is 11.6. The van der Waals surface area contributed by atoms with E-state index < -0.39 is 0 Å². The Labute approximate surface area is 114 Å². The fourth-order valence-corrected chi connectivity index (χ4v) is 1.68. The van der Waals surface area contributed by atoms with E-state index in [-0.39, 0.29) is 11.9 Å². The van der Waals surface area contributed by atoms with Crippen LogP contribution in [0, 0.1) is 11.3 Å². The Morgan fingerprint density at radius 3 is 3.00 bits per heavy atom. The van der Waals surface area contributed by atoms with Gasteiger partial charge in [0.1, 0.15) is 0 Å². The summed E-state index contributed by atoms with van der Waals surface area (Å²) in [6.07, 6.45) is 1.65. The lowest BCUT2D eigenvalue weighted by Gasteiger charge is -2.23. The van der Waals surface area contributed by atoms with E-state index in [0.717, 1.165) is 5.56 Å². The van der Waals surface area contributed by atoms with Gasteiger partial charge in [-0.25, -0.2) is 0 Å². The van der Waals surface area contributed by atoms with Crippen LogP contribution in [-0.4, -0.2) is 30.4 Å². The smallest absolute Gasteiger partial charge is 0.237 e. The van der Waals surface area contributed by atoms with E-state index in [1.54, 1.807) is 12.1 Å². The van der Waals surface area contributed by atoms with Crippen LogP contribution in [0.25, 0.3) is 0 Å². The van der Waals surface area contributed by atoms with Crippen molar-refractivity contribution >= 4 is 5.91 Å². The maximum Gasteiger partial charge on any atom is 0.237 e. The molecule has 4 nitrogen and oxygen atoms in total. The topological polar surface area (TPSA) is 56.1 Å². The van der Waals surface area contributed by atoms with E-state index in [1.807, 2.05) is 37.1 Å². The molecule has 0 aromatic heterocycles. The molecule has 1 aromatic rings. The molecule has 1 atom stereocenters. The molecule has 0 aliphatic heterocycles. The minimum Gasteiger partial charge on any atom is -0.351 e. The summed E-state index contributed by atoms with van der Waals surface area (Å²) < 4.78 is 0. The molecule has 0 aliphatic carbocycles. The van der Waals surface area contributed by atoms with Gasteiger partial charge in [-0.15, -0.1) is 6.58 Å². The summed E-state index contributed by atoms with van der Waals surface area (Å²) in [7, 11) is 1.89. The number of benzene rings is 1. The van der Waals surface area contributed by atoms with E-state index in [2.05, 4.69) is 18.0 Å². The number of likely N-dealkylation sites (N-methyl/N-ethyl adjacent to an activating group) is 1. The number of nitriles is 1. The van der Waals surface area contributed by atoms with E-state index in [4.69, 9.17) is 5.26 Å². The molecule has 19 heavy (non-hydrogen) atoms. The normalized spacial score (nSPS) is 11.7. The average Bonchev–Trinajstić information content (AvgIpc) is 2.43. The molecule has 0 saturated carbocycles. The maximum absolute atomic E-state index is 11.8. The third-order valence-corrected chi connectivity index (χ3v) is 2.95. The highest BCUT2D eigenvalue weighted by atomic mass is 16.2. The predicted molar refractivity (Wildman–Crippen MR) is 75.3 cm³/mol. The maximum atomic E-state index is 11.8. The summed E-state index contributed by atoms with van der Waals surface area (Å²) in [5.74, 6) is -0.0289. The van der Waals surface area contributed by atoms with Gasteiger partial charge in [-0.05, 0) is 31.7 Å². The molecule has 0 heterocycles. The lowest BCUT2D eigenvalue weighted by atomic mass is 10.1. The van der Waals surface area contributed by atoms with Gasteiger partial charge >= 0.3 is 0 Å². The first-order chi connectivity index (χ1) is 9.08. The van der Waals surface area contributed by atoms with Crippen molar-refractivity contribution in [3.05, 3.63) is 48.0 Å². The van der Waals surface area contributed by atoms with Crippen LogP contribution >= 0.6 is 0 Å². The lowest BCUT2D eigenvalue weighted by Crippen LogP contribution is -2.42. The first-order valence-electron chi connectivity index (χ1n) is 6.16. The molecule has 1 rings (SSSR count). The van der Waals surface area contributed by atoms with Crippen LogP contribution in [-0.2, 0) is 11.3 Å². The van der Waals surface area contributed by atoms with Gasteiger partial charge < -0.3 is 5.32 Å². The summed E-state index contributed by atoms with van der Waals surface area (Å²) in [6, 6.07) is 9.29. The Kier molecular flexibility index (Phi) is 5.77. The standard InChI is InChI=1S/C15H19N3O/c1-4-8-17-15(19)12(2)18(3)11-14-7-5-6-13(9-14)10-16/h4-7,9,12H,1,8,11H2,2-3H3,(H,17,19). The molecule has 1 amide bonds. The molecular formula is C15H19N3O. The number of carbonyl (C=O) groups is 1. The van der Waals surface area contributed by atoms with Crippen LogP contribution in [0.5, 0.6) is 0 Å². The molecule has 100 valence electrons. The van der Waals surface area contributed by atoms with Crippen LogP contribution in [0.15, 0.2) is 36.9 Å². The Balaban J connectivity index is 2.62. The highest BCUT2D eigenvalue weighted by molar-refractivity contribution is 5.81. The van der Waals surface area contributed by atoms with Crippen molar-refractivity contribution in [2.75, 3.05) is 13.6 Å². The van der Waals surface area contributed by atoms with Crippen molar-refractivity contribution in [2.45, 2.75) is 19.5 Å². The SMILES string of the molecule is C=CCNC(=O)C(C)N(C)Cc1cccc(C#N)c1. The molecule has 1 unspecified atom stereocenters. The summed E-state index contributed by atoms with van der Waals surface area (Å²) >= 11 is 0. The summed E-state index contributed by atoms with van der Waals surface area (Å²) in [5.41, 5.74) is 1.65. The Morgan fingerprint density at radius 1 is 1.63 bits per heavy atom. The largest absolute Gasteiger partial charge is 0.351 e. The molecule has 0 aliphatic rings. The van der Waals surface area contributed by atoms with Gasteiger partial charge in [-0.2, -0.15) is 5.26 Å². The van der Waals surface area contributed by atoms with Crippen molar-refractivity contribution in [3.8, 4) is 6.07 Å². The lowest BCUT2D eigenvalue weighted by molar-refractivity contribution is -0.125. The van der Waals surface area contributed by atoms with E-state index in [0.29, 0.717) is 18.7 Å². The Hall–Kier alpha value is -2.12. The predicted octanol–water partition coefficient (Wildman–Crippen LogP) is 1.68. The van der Waals surface area contributed by atoms with Crippen LogP contribution in [0.4, 0.5) is 0 Å². The third kappa shape index (κ3) is 4.57. The fourth-order valence-electron chi connectivity index (χ4n) is 1.68. The summed E-state index contributed by atoms with van der Waals surface area (Å²) in [4.78, 5) is 13.7. The molecule has 0 fully saturated rings. The van der Waals surface area contributed by atoms with Gasteiger partial charge in [0.15, 0.2) is 0 Å². The van der Waals surface area contributed by atoms with Crippen LogP contribution in [0.1, 0.15) is 18.1 Å². The molecule has 1 aromatic carbocycles. The number of carbonyl (C=O) groups excluding carboxylic acids is 1. The first-order valence-corrected chi connectivity index (χ1v) is 6.16. The van der Waals surface area contributed by atoms with Gasteiger partial charge in [0.25, 0.3) is 0 Å². The second-order valence-corrected chi connectivity index (χ2v) is 4.44. The fraction of sp³-hybridized carbons (Fsp3) is 0.333. The molecular weight excluding hydrogens is 238 g/mol. The van der Waals surface area contributed by atoms with Gasteiger partial charge in [-0.1, -0.05) is 18.2 Å². The first kappa shape index (κ1) is 14.9. The number of nitrogens with one attached hydrogen (secondary N) is 1. The molecule has 0 radical (unpaired) electrons. The average molecular weight is 257 g/mol. The number of nitrogens with zero attached hydrogens (tertiary/aromatic N) is 2. The quantitative estimate of drug-likeness (QED) is 0.789. The Bertz CT molecular complexity index is 490. The number of hydrogen-bond donors (Lipinski definition) is 1. The van der Waals surface area contributed by atoms with Crippen molar-refractivity contribution in [2.24, 2.45) is 0 Å². The highest BCUT2D eigenvalue weighted by Crippen LogP contribution is 2.09. The number of rotatable bonds is 6. The van der Waals surface area contributed by atoms with Crippen LogP contribution in [0.2, 0.25) is 0 Å². The van der Waals surface area contributed by atoms with Crippen LogP contribution < -0.4 is 5.32 Å². The van der Waals surface area contributed by atoms with Crippen molar-refractivity contribution in [3.63, 3.8) is 0 Å².